The maximum Gasteiger partial charge on any atom is 2.00 e. The summed E-state index contributed by atoms with van der Waals surface area (Å²) < 4.78 is 0. The van der Waals surface area contributed by atoms with Gasteiger partial charge in [-0.2, -0.15) is 0 Å². The van der Waals surface area contributed by atoms with Crippen LogP contribution in [0.3, 0.4) is 0 Å². The van der Waals surface area contributed by atoms with Gasteiger partial charge in [0.1, 0.15) is 0 Å². The van der Waals surface area contributed by atoms with Crippen molar-refractivity contribution < 1.29 is 21.7 Å². The van der Waals surface area contributed by atoms with Crippen LogP contribution < -0.4 is 0 Å². The fraction of sp³-hybridized carbons (Fsp3) is 0.500. The van der Waals surface area contributed by atoms with E-state index in [9.17, 15) is 0 Å². The summed E-state index contributed by atoms with van der Waals surface area (Å²) in [7, 11) is 0.417. The molecule has 0 aromatic carbocycles. The van der Waals surface area contributed by atoms with Crippen molar-refractivity contribution in [1.29, 1.82) is 0 Å². The molecule has 0 heterocycles. The summed E-state index contributed by atoms with van der Waals surface area (Å²) >= 11 is 0. The minimum Gasteiger partial charge on any atom is -0.0988 e. The van der Waals surface area contributed by atoms with Gasteiger partial charge in [-0.15, -0.1) is 0 Å². The van der Waals surface area contributed by atoms with Crippen molar-refractivity contribution in [1.82, 2.24) is 0 Å². The molecule has 56 valence electrons. The third kappa shape index (κ3) is 23.7. The van der Waals surface area contributed by atoms with E-state index in [2.05, 4.69) is 19.7 Å². The first-order valence-corrected chi connectivity index (χ1v) is 6.31. The van der Waals surface area contributed by atoms with Gasteiger partial charge in [-0.25, -0.2) is 0 Å². The topological polar surface area (TPSA) is 0 Å². The van der Waals surface area contributed by atoms with E-state index in [1.54, 1.807) is 0 Å². The average Bonchev–Trinajstić information content (AvgIpc) is 1.88. The molecule has 0 nitrogen and oxygen atoms in total. The van der Waals surface area contributed by atoms with Crippen LogP contribution >= 0.6 is 0 Å². The third-order valence-electron chi connectivity index (χ3n) is 0.777. The molecule has 0 saturated heterocycles. The zero-order valence-corrected chi connectivity index (χ0v) is 10.5. The van der Waals surface area contributed by atoms with E-state index in [-0.39, 0.29) is 21.7 Å². The van der Waals surface area contributed by atoms with Crippen LogP contribution in [0.15, 0.2) is 24.3 Å². The minimum absolute atomic E-state index is 0. The van der Waals surface area contributed by atoms with Crippen LogP contribution in [-0.2, 0) is 21.7 Å². The largest absolute Gasteiger partial charge is 2.00 e. The van der Waals surface area contributed by atoms with Crippen molar-refractivity contribution in [2.75, 3.05) is 0 Å². The molecule has 0 bridgehead atoms. The van der Waals surface area contributed by atoms with Crippen LogP contribution in [0.1, 0.15) is 13.8 Å². The van der Waals surface area contributed by atoms with Crippen molar-refractivity contribution in [3.05, 3.63) is 24.3 Å². The number of rotatable bonds is 1. The molecular formula is C8H18SiTi+2. The Morgan fingerprint density at radius 3 is 1.70 bits per heavy atom. The first-order chi connectivity index (χ1) is 4.22. The van der Waals surface area contributed by atoms with Crippen LogP contribution in [0, 0.1) is 0 Å². The summed E-state index contributed by atoms with van der Waals surface area (Å²) in [5.74, 6) is 0. The molecule has 0 aromatic heterocycles. The van der Waals surface area contributed by atoms with Gasteiger partial charge in [-0.05, 0) is 13.8 Å². The Labute approximate surface area is 82.5 Å². The molecule has 0 spiro atoms. The molecule has 0 fully saturated rings. The van der Waals surface area contributed by atoms with E-state index in [4.69, 9.17) is 0 Å². The number of allylic oxidation sites excluding steroid dienone is 3. The van der Waals surface area contributed by atoms with Crippen LogP contribution in [0.2, 0.25) is 13.1 Å². The van der Waals surface area contributed by atoms with Crippen LogP contribution in [0.25, 0.3) is 0 Å². The van der Waals surface area contributed by atoms with Gasteiger partial charge < -0.3 is 0 Å². The van der Waals surface area contributed by atoms with Gasteiger partial charge in [0.25, 0.3) is 0 Å². The second-order valence-corrected chi connectivity index (χ2v) is 3.36. The molecule has 0 unspecified atom stereocenters. The van der Waals surface area contributed by atoms with Gasteiger partial charge in [0.05, 0.1) is 0 Å². The Bertz CT molecular complexity index is 87.3. The molecule has 0 aliphatic heterocycles. The molecule has 0 radical (unpaired) electrons. The normalized spacial score (nSPS) is 8.60. The number of hydrogen-bond acceptors (Lipinski definition) is 0. The van der Waals surface area contributed by atoms with E-state index in [1.165, 1.54) is 5.57 Å². The summed E-state index contributed by atoms with van der Waals surface area (Å²) in [6.07, 6.45) is 3.85. The van der Waals surface area contributed by atoms with Crippen LogP contribution in [-0.4, -0.2) is 9.52 Å². The van der Waals surface area contributed by atoms with Crippen LogP contribution in [0.5, 0.6) is 0 Å². The minimum atomic E-state index is 0. The van der Waals surface area contributed by atoms with Crippen LogP contribution in [0.4, 0.5) is 0 Å². The Kier molecular flexibility index (Phi) is 27.2. The molecule has 0 aromatic rings. The van der Waals surface area contributed by atoms with Crippen molar-refractivity contribution in [2.24, 2.45) is 0 Å². The maximum absolute atomic E-state index is 3.56. The monoisotopic (exact) mass is 190 g/mol. The van der Waals surface area contributed by atoms with Crippen molar-refractivity contribution in [2.45, 2.75) is 26.9 Å². The zero-order valence-electron chi connectivity index (χ0n) is 7.57. The van der Waals surface area contributed by atoms with Gasteiger partial charge in [0, 0.05) is 9.52 Å². The fourth-order valence-corrected chi connectivity index (χ4v) is 0.118. The molecule has 0 amide bonds. The summed E-state index contributed by atoms with van der Waals surface area (Å²) in [4.78, 5) is 0. The molecule has 0 aliphatic rings. The van der Waals surface area contributed by atoms with Crippen molar-refractivity contribution in [3.63, 3.8) is 0 Å². The fourth-order valence-electron chi connectivity index (χ4n) is 0.118. The van der Waals surface area contributed by atoms with Crippen molar-refractivity contribution in [3.8, 4) is 0 Å². The Balaban J connectivity index is -0.000000107. The summed E-state index contributed by atoms with van der Waals surface area (Å²) in [5.41, 5.74) is 1.23. The van der Waals surface area contributed by atoms with Gasteiger partial charge in [-0.1, -0.05) is 37.4 Å². The Hall–Kier alpha value is 0.411. The van der Waals surface area contributed by atoms with Gasteiger partial charge in [-0.3, -0.25) is 0 Å². The molecule has 0 aliphatic carbocycles. The van der Waals surface area contributed by atoms with E-state index in [1.807, 2.05) is 26.0 Å². The zero-order chi connectivity index (χ0) is 7.70. The Morgan fingerprint density at radius 2 is 1.70 bits per heavy atom. The SMILES string of the molecule is C=CC(C)=CC.C[SiH2]C.[Ti+2]. The first kappa shape index (κ1) is 16.8. The molecule has 0 rings (SSSR count). The van der Waals surface area contributed by atoms with E-state index < -0.39 is 0 Å². The van der Waals surface area contributed by atoms with E-state index in [0.29, 0.717) is 9.52 Å². The smallest absolute Gasteiger partial charge is 0.0988 e. The second-order valence-electron chi connectivity index (χ2n) is 1.94. The molecule has 0 saturated carbocycles. The quantitative estimate of drug-likeness (QED) is 0.440. The molecule has 2 heteroatoms. The van der Waals surface area contributed by atoms with Crippen molar-refractivity contribution >= 4 is 9.52 Å². The summed E-state index contributed by atoms with van der Waals surface area (Å²) in [6.45, 7) is 12.1. The summed E-state index contributed by atoms with van der Waals surface area (Å²) in [5, 5.41) is 0. The molecule has 10 heavy (non-hydrogen) atoms. The maximum atomic E-state index is 3.56. The second kappa shape index (κ2) is 16.2. The molecular weight excluding hydrogens is 172 g/mol. The standard InChI is InChI=1S/C6H10.C2H8Si.Ti/c1-4-6(3)5-2;1-3-2;/h4-5H,1H2,2-3H3;3H2,1-2H3;/q;;+2. The van der Waals surface area contributed by atoms with E-state index in [0.717, 1.165) is 0 Å². The summed E-state index contributed by atoms with van der Waals surface area (Å²) in [6, 6.07) is 0. The predicted octanol–water partition coefficient (Wildman–Crippen LogP) is 2.39. The predicted molar refractivity (Wildman–Crippen MR) is 49.9 cm³/mol. The van der Waals surface area contributed by atoms with Gasteiger partial charge in [0.15, 0.2) is 0 Å². The first-order valence-electron chi connectivity index (χ1n) is 3.48. The Morgan fingerprint density at radius 1 is 1.40 bits per heavy atom. The third-order valence-corrected chi connectivity index (χ3v) is 0.777. The molecule has 0 atom stereocenters. The van der Waals surface area contributed by atoms with Gasteiger partial charge in [0.2, 0.25) is 0 Å². The molecule has 0 N–H and O–H groups in total. The van der Waals surface area contributed by atoms with E-state index >= 15 is 0 Å². The number of hydrogen-bond donors (Lipinski definition) is 0. The van der Waals surface area contributed by atoms with Gasteiger partial charge >= 0.3 is 21.7 Å². The average molecular weight is 190 g/mol.